The molecule has 4 heterocycles. The van der Waals surface area contributed by atoms with E-state index in [-0.39, 0.29) is 60.3 Å². The van der Waals surface area contributed by atoms with Gasteiger partial charge in [0.1, 0.15) is 11.6 Å². The fourth-order valence-electron chi connectivity index (χ4n) is 12.0. The van der Waals surface area contributed by atoms with E-state index in [2.05, 4.69) is 260 Å². The van der Waals surface area contributed by atoms with Gasteiger partial charge in [-0.25, -0.2) is 4.98 Å². The van der Waals surface area contributed by atoms with Gasteiger partial charge in [-0.1, -0.05) is 161 Å². The van der Waals surface area contributed by atoms with Crippen molar-refractivity contribution in [2.24, 2.45) is 5.92 Å². The molecule has 0 saturated heterocycles. The molecule has 0 aliphatic carbocycles. The number of hydrogen-bond donors (Lipinski definition) is 0. The average molecular weight is 1700 g/mol. The molecule has 0 saturated carbocycles. The second-order valence-corrected chi connectivity index (χ2v) is 23.5. The zero-order valence-corrected chi connectivity index (χ0v) is 60.8. The second kappa shape index (κ2) is 34.1. The number of aryl methyl sites for hydroxylation is 8. The van der Waals surface area contributed by atoms with Crippen molar-refractivity contribution < 1.29 is 65.1 Å². The molecule has 0 fully saturated rings. The normalized spacial score (nSPS) is 12.0. The van der Waals surface area contributed by atoms with Gasteiger partial charge in [-0.2, -0.15) is 48.6 Å². The van der Waals surface area contributed by atoms with Gasteiger partial charge in [0.2, 0.25) is 0 Å². The standard InChI is InChI=1S/C27H30N2.C26H29N3.C25H28NO.3Ir/c1-5-6-9-15-28-19-29(26-14-8-7-13-25(26)28)24-12-10-11-23(18-24)27-21(3)16-20(2)17-22(27)4;1-3-5-11-21-13-10-16-24(17-21)28-20-29(23-14-8-7-9-15-23)26-25(28)18-22(19-27-26)12-6-4-2;1-16(2)11-22-15-26-23(14-24(22)27-6)20-7-9-21(10-8-20)25-18(4)12-17(3)13-19(25)5;;;/h7-8,10-11,13-14,16-19H,5-6,9,15H2,1-4H3;7-10,13-15,17-20H,3-6,11-12H2,1-2H3;7,9-10,12-16H,11H2,1-6H3;;;/q2*-2;-1;;;. The van der Waals surface area contributed by atoms with Crippen LogP contribution in [0.3, 0.4) is 0 Å². The molecule has 7 aromatic carbocycles. The van der Waals surface area contributed by atoms with Crippen LogP contribution >= 0.6 is 0 Å². The van der Waals surface area contributed by atoms with Gasteiger partial charge in [-0.15, -0.1) is 65.6 Å². The van der Waals surface area contributed by atoms with Crippen LogP contribution in [0.5, 0.6) is 5.75 Å². The molecule has 88 heavy (non-hydrogen) atoms. The molecule has 0 N–H and O–H groups in total. The topological polar surface area (TPSA) is 48.0 Å². The van der Waals surface area contributed by atoms with E-state index in [1.54, 1.807) is 7.11 Å². The number of benzene rings is 7. The van der Waals surface area contributed by atoms with E-state index < -0.39 is 0 Å². The van der Waals surface area contributed by atoms with Crippen LogP contribution in [0.1, 0.15) is 130 Å². The third-order valence-corrected chi connectivity index (χ3v) is 16.0. The Morgan fingerprint density at radius 3 is 1.73 bits per heavy atom. The number of unbranched alkanes of at least 4 members (excludes halogenated alkanes) is 4. The van der Waals surface area contributed by atoms with E-state index in [4.69, 9.17) is 9.72 Å². The Kier molecular flexibility index (Phi) is 27.5. The van der Waals surface area contributed by atoms with Crippen molar-refractivity contribution >= 4 is 39.9 Å². The van der Waals surface area contributed by atoms with E-state index >= 15 is 0 Å². The maximum atomic E-state index is 5.59. The molecule has 2 aromatic heterocycles. The summed E-state index contributed by atoms with van der Waals surface area (Å²) in [6, 6.07) is 62.1. The van der Waals surface area contributed by atoms with Crippen LogP contribution in [0.4, 0.5) is 39.9 Å². The number of hydrogen-bond acceptors (Lipinski definition) is 7. The molecule has 11 rings (SSSR count). The summed E-state index contributed by atoms with van der Waals surface area (Å²) in [5.41, 5.74) is 25.5. The third-order valence-electron chi connectivity index (χ3n) is 16.0. The average Bonchev–Trinajstić information content (AvgIpc) is 4.20. The summed E-state index contributed by atoms with van der Waals surface area (Å²) in [6.45, 7) is 29.6. The first kappa shape index (κ1) is 70.9. The first-order valence-electron chi connectivity index (χ1n) is 31.0. The summed E-state index contributed by atoms with van der Waals surface area (Å²) in [5.74, 6) is 2.44. The summed E-state index contributed by atoms with van der Waals surface area (Å²) in [6.07, 6.45) is 15.6. The predicted octanol–water partition coefficient (Wildman–Crippen LogP) is 20.7. The number of fused-ring (bicyclic) bond motifs is 2. The molecule has 10 heteroatoms. The molecule has 467 valence electrons. The van der Waals surface area contributed by atoms with Crippen LogP contribution in [0.15, 0.2) is 158 Å². The summed E-state index contributed by atoms with van der Waals surface area (Å²) in [5, 5.41) is 0. The quantitative estimate of drug-likeness (QED) is 0.0590. The summed E-state index contributed by atoms with van der Waals surface area (Å²) >= 11 is 0. The van der Waals surface area contributed by atoms with Gasteiger partial charge in [0.05, 0.1) is 12.8 Å². The molecule has 0 atom stereocenters. The van der Waals surface area contributed by atoms with Crippen molar-refractivity contribution in [3.63, 3.8) is 0 Å². The first-order chi connectivity index (χ1) is 41.3. The van der Waals surface area contributed by atoms with E-state index in [0.29, 0.717) is 5.92 Å². The molecule has 9 aromatic rings. The van der Waals surface area contributed by atoms with Crippen molar-refractivity contribution in [3.8, 4) is 39.3 Å². The molecular formula is C78H87Ir3N6O-5. The van der Waals surface area contributed by atoms with Crippen LogP contribution < -0.4 is 24.3 Å². The zero-order chi connectivity index (χ0) is 60.0. The van der Waals surface area contributed by atoms with Crippen molar-refractivity contribution in [1.82, 2.24) is 9.97 Å². The SMILES string of the molecule is CCCCCN1[CH-]N(c2[c-]ccc(-c3c(C)cc(C)cc3C)c2)c2ccccc21.CCCCc1cc[c-]c(N2[CH-]N(c3ccccc3)c3ncc(CCCC)cc32)c1.COc1cc(-c2[c-]cc(-c3c(C)cc(C)cc3C)cc2)ncc1CC(C)C.[Ir].[Ir].[Ir]. The summed E-state index contributed by atoms with van der Waals surface area (Å²) in [4.78, 5) is 18.6. The van der Waals surface area contributed by atoms with Crippen molar-refractivity contribution in [2.75, 3.05) is 33.3 Å². The minimum atomic E-state index is 0. The molecule has 3 radical (unpaired) electrons. The van der Waals surface area contributed by atoms with Gasteiger partial charge in [0.15, 0.2) is 0 Å². The molecule has 2 aliphatic heterocycles. The Morgan fingerprint density at radius 2 is 1.11 bits per heavy atom. The largest absolute Gasteiger partial charge is 0.501 e. The predicted molar refractivity (Wildman–Crippen MR) is 360 cm³/mol. The van der Waals surface area contributed by atoms with E-state index in [1.807, 2.05) is 30.6 Å². The third kappa shape index (κ3) is 17.6. The van der Waals surface area contributed by atoms with Crippen LogP contribution in [0.25, 0.3) is 33.5 Å². The molecule has 0 amide bonds. The fourth-order valence-corrected chi connectivity index (χ4v) is 12.0. The first-order valence-corrected chi connectivity index (χ1v) is 31.0. The van der Waals surface area contributed by atoms with Gasteiger partial charge in [-0.3, -0.25) is 0 Å². The number of para-hydroxylation sites is 3. The van der Waals surface area contributed by atoms with Crippen LogP contribution in [-0.2, 0) is 79.6 Å². The number of pyridine rings is 2. The molecule has 0 unspecified atom stereocenters. The Hall–Kier alpha value is -6.21. The Bertz CT molecular complexity index is 3610. The minimum absolute atomic E-state index is 0. The van der Waals surface area contributed by atoms with E-state index in [9.17, 15) is 0 Å². The maximum absolute atomic E-state index is 5.59. The number of nitrogens with zero attached hydrogens (tertiary/aromatic N) is 6. The summed E-state index contributed by atoms with van der Waals surface area (Å²) in [7, 11) is 1.72. The molecule has 0 bridgehead atoms. The molecular weight excluding hydrogens is 1610 g/mol. The smallest absolute Gasteiger partial charge is 0.126 e. The van der Waals surface area contributed by atoms with Gasteiger partial charge < -0.3 is 29.3 Å². The van der Waals surface area contributed by atoms with Gasteiger partial charge >= 0.3 is 0 Å². The van der Waals surface area contributed by atoms with Crippen molar-refractivity contribution in [1.29, 1.82) is 0 Å². The van der Waals surface area contributed by atoms with E-state index in [0.717, 1.165) is 76.9 Å². The van der Waals surface area contributed by atoms with Gasteiger partial charge in [0, 0.05) is 95.3 Å². The van der Waals surface area contributed by atoms with Crippen LogP contribution in [-0.4, -0.2) is 23.6 Å². The van der Waals surface area contributed by atoms with E-state index in [1.165, 1.54) is 123 Å². The second-order valence-electron chi connectivity index (χ2n) is 23.5. The Labute approximate surface area is 568 Å². The maximum Gasteiger partial charge on any atom is 0.126 e. The van der Waals surface area contributed by atoms with Gasteiger partial charge in [0.25, 0.3) is 0 Å². The van der Waals surface area contributed by atoms with Crippen molar-refractivity contribution in [2.45, 2.75) is 140 Å². The van der Waals surface area contributed by atoms with Gasteiger partial charge in [-0.05, 0) is 144 Å². The number of aromatic nitrogens is 2. The van der Waals surface area contributed by atoms with Crippen LogP contribution in [0.2, 0.25) is 0 Å². The number of ether oxygens (including phenoxy) is 1. The summed E-state index contributed by atoms with van der Waals surface area (Å²) < 4.78 is 5.59. The zero-order valence-electron chi connectivity index (χ0n) is 53.6. The molecule has 7 nitrogen and oxygen atoms in total. The number of rotatable bonds is 19. The Balaban J connectivity index is 0.000000207. The van der Waals surface area contributed by atoms with Crippen molar-refractivity contribution in [3.05, 3.63) is 240 Å². The molecule has 0 spiro atoms. The fraction of sp³-hybridized carbons (Fsp3) is 0.308. The number of anilines is 7. The van der Waals surface area contributed by atoms with Crippen LogP contribution in [0, 0.1) is 79.0 Å². The molecule has 2 aliphatic rings. The Morgan fingerprint density at radius 1 is 0.523 bits per heavy atom. The monoisotopic (exact) mass is 1700 g/mol. The number of methoxy groups -OCH3 is 1. The minimum Gasteiger partial charge on any atom is -0.501 e.